The third-order valence-electron chi connectivity index (χ3n) is 2.78. The van der Waals surface area contributed by atoms with E-state index < -0.39 is 18.0 Å². The molecule has 2 aromatic carbocycles. The number of carbonyl (C=O) groups is 3. The van der Waals surface area contributed by atoms with Crippen LogP contribution in [0.2, 0.25) is 0 Å². The number of nitrogens with zero attached hydrogens (tertiary/aromatic N) is 1. The van der Waals surface area contributed by atoms with Gasteiger partial charge in [0.25, 0.3) is 0 Å². The summed E-state index contributed by atoms with van der Waals surface area (Å²) in [6, 6.07) is 15.5. The summed E-state index contributed by atoms with van der Waals surface area (Å²) in [6.45, 7) is 1.25. The van der Waals surface area contributed by atoms with Gasteiger partial charge in [-0.3, -0.25) is 10.1 Å². The Morgan fingerprint density at radius 3 is 1.95 bits per heavy atom. The molecule has 0 aliphatic heterocycles. The van der Waals surface area contributed by atoms with Crippen molar-refractivity contribution < 1.29 is 14.4 Å². The lowest BCUT2D eigenvalue weighted by Crippen LogP contribution is -2.46. The van der Waals surface area contributed by atoms with E-state index in [4.69, 9.17) is 0 Å². The van der Waals surface area contributed by atoms with Gasteiger partial charge in [0, 0.05) is 12.6 Å². The van der Waals surface area contributed by atoms with Gasteiger partial charge in [-0.25, -0.2) is 14.5 Å². The van der Waals surface area contributed by atoms with E-state index in [2.05, 4.69) is 10.6 Å². The average Bonchev–Trinajstić information content (AvgIpc) is 2.48. The Morgan fingerprint density at radius 2 is 1.41 bits per heavy atom. The second-order valence-electron chi connectivity index (χ2n) is 4.44. The number of hydrogen-bond donors (Lipinski definition) is 2. The van der Waals surface area contributed by atoms with E-state index in [1.54, 1.807) is 60.7 Å². The molecule has 22 heavy (non-hydrogen) atoms. The van der Waals surface area contributed by atoms with Crippen molar-refractivity contribution >= 4 is 29.3 Å². The summed E-state index contributed by atoms with van der Waals surface area (Å²) >= 11 is 0. The van der Waals surface area contributed by atoms with Gasteiger partial charge in [0.2, 0.25) is 5.91 Å². The maximum atomic E-state index is 12.1. The van der Waals surface area contributed by atoms with Crippen molar-refractivity contribution in [3.63, 3.8) is 0 Å². The first-order chi connectivity index (χ1) is 10.6. The van der Waals surface area contributed by atoms with Crippen LogP contribution in [-0.2, 0) is 4.79 Å². The number of anilines is 2. The van der Waals surface area contributed by atoms with Crippen LogP contribution in [0.3, 0.4) is 0 Å². The fourth-order valence-electron chi connectivity index (χ4n) is 1.86. The maximum absolute atomic E-state index is 12.1. The van der Waals surface area contributed by atoms with Crippen LogP contribution in [0.5, 0.6) is 0 Å². The zero-order valence-electron chi connectivity index (χ0n) is 11.9. The van der Waals surface area contributed by atoms with E-state index in [9.17, 15) is 14.4 Å². The molecule has 0 heterocycles. The van der Waals surface area contributed by atoms with Crippen LogP contribution in [0.1, 0.15) is 6.92 Å². The molecule has 0 aromatic heterocycles. The van der Waals surface area contributed by atoms with E-state index in [0.717, 1.165) is 4.90 Å². The Morgan fingerprint density at radius 1 is 0.864 bits per heavy atom. The zero-order valence-corrected chi connectivity index (χ0v) is 11.9. The van der Waals surface area contributed by atoms with Crippen LogP contribution < -0.4 is 15.5 Å². The minimum atomic E-state index is -0.813. The van der Waals surface area contributed by atoms with Crippen molar-refractivity contribution in [1.82, 2.24) is 5.32 Å². The summed E-state index contributed by atoms with van der Waals surface area (Å²) in [7, 11) is 0. The molecule has 6 heteroatoms. The van der Waals surface area contributed by atoms with Gasteiger partial charge < -0.3 is 5.32 Å². The number of imide groups is 2. The molecule has 0 atom stereocenters. The second kappa shape index (κ2) is 7.03. The van der Waals surface area contributed by atoms with Gasteiger partial charge in [-0.1, -0.05) is 36.4 Å². The SMILES string of the molecule is CC(=O)N(C(=O)NC(=O)Nc1ccccc1)c1ccccc1. The van der Waals surface area contributed by atoms with Crippen LogP contribution in [-0.4, -0.2) is 18.0 Å². The first kappa shape index (κ1) is 15.2. The molecule has 2 rings (SSSR count). The number of para-hydroxylation sites is 2. The molecule has 2 aromatic rings. The van der Waals surface area contributed by atoms with Crippen LogP contribution >= 0.6 is 0 Å². The summed E-state index contributed by atoms with van der Waals surface area (Å²) in [6.07, 6.45) is 0. The van der Waals surface area contributed by atoms with E-state index in [1.165, 1.54) is 6.92 Å². The molecule has 0 aliphatic carbocycles. The molecule has 0 fully saturated rings. The lowest BCUT2D eigenvalue weighted by atomic mass is 10.3. The van der Waals surface area contributed by atoms with Crippen LogP contribution in [0.25, 0.3) is 0 Å². The Balaban J connectivity index is 2.06. The number of nitrogens with one attached hydrogen (secondary N) is 2. The van der Waals surface area contributed by atoms with Gasteiger partial charge in [-0.2, -0.15) is 0 Å². The molecule has 0 spiro atoms. The smallest absolute Gasteiger partial charge is 0.308 e. The average molecular weight is 297 g/mol. The van der Waals surface area contributed by atoms with E-state index in [1.807, 2.05) is 0 Å². The largest absolute Gasteiger partial charge is 0.336 e. The van der Waals surface area contributed by atoms with Gasteiger partial charge in [0.15, 0.2) is 0 Å². The summed E-state index contributed by atoms with van der Waals surface area (Å²) in [4.78, 5) is 36.5. The van der Waals surface area contributed by atoms with Crippen molar-refractivity contribution in [1.29, 1.82) is 0 Å². The van der Waals surface area contributed by atoms with Crippen molar-refractivity contribution in [3.05, 3.63) is 60.7 Å². The standard InChI is InChI=1S/C16H15N3O3/c1-12(20)19(14-10-6-3-7-11-14)16(22)18-15(21)17-13-8-4-2-5-9-13/h2-11H,1H3,(H2,17,18,21,22). The summed E-state index contributed by atoms with van der Waals surface area (Å²) < 4.78 is 0. The quantitative estimate of drug-likeness (QED) is 0.894. The minimum Gasteiger partial charge on any atom is -0.308 e. The first-order valence-electron chi connectivity index (χ1n) is 6.60. The number of urea groups is 2. The lowest BCUT2D eigenvalue weighted by molar-refractivity contribution is -0.115. The van der Waals surface area contributed by atoms with Gasteiger partial charge in [0.05, 0.1) is 5.69 Å². The molecule has 6 nitrogen and oxygen atoms in total. The second-order valence-corrected chi connectivity index (χ2v) is 4.44. The summed E-state index contributed by atoms with van der Waals surface area (Å²) in [5, 5.41) is 4.63. The predicted octanol–water partition coefficient (Wildman–Crippen LogP) is 2.98. The fourth-order valence-corrected chi connectivity index (χ4v) is 1.86. The number of carbonyl (C=O) groups excluding carboxylic acids is 3. The lowest BCUT2D eigenvalue weighted by Gasteiger charge is -2.19. The summed E-state index contributed by atoms with van der Waals surface area (Å²) in [5.41, 5.74) is 0.932. The number of rotatable bonds is 2. The van der Waals surface area contributed by atoms with Crippen LogP contribution in [0.15, 0.2) is 60.7 Å². The van der Waals surface area contributed by atoms with Gasteiger partial charge >= 0.3 is 12.1 Å². The van der Waals surface area contributed by atoms with Gasteiger partial charge in [0.1, 0.15) is 0 Å². The highest BCUT2D eigenvalue weighted by molar-refractivity contribution is 6.17. The monoisotopic (exact) mass is 297 g/mol. The molecule has 0 aliphatic rings. The third-order valence-corrected chi connectivity index (χ3v) is 2.78. The van der Waals surface area contributed by atoms with E-state index >= 15 is 0 Å². The molecular weight excluding hydrogens is 282 g/mol. The number of amides is 5. The highest BCUT2D eigenvalue weighted by Gasteiger charge is 2.21. The molecule has 0 bridgehead atoms. The Labute approximate surface area is 127 Å². The molecule has 5 amide bonds. The first-order valence-corrected chi connectivity index (χ1v) is 6.60. The van der Waals surface area contributed by atoms with Gasteiger partial charge in [-0.15, -0.1) is 0 Å². The van der Waals surface area contributed by atoms with Crippen LogP contribution in [0.4, 0.5) is 21.0 Å². The molecule has 0 saturated carbocycles. The highest BCUT2D eigenvalue weighted by Crippen LogP contribution is 2.13. The van der Waals surface area contributed by atoms with Crippen molar-refractivity contribution in [2.75, 3.05) is 10.2 Å². The normalized spacial score (nSPS) is 9.68. The Hall–Kier alpha value is -3.15. The van der Waals surface area contributed by atoms with Crippen LogP contribution in [0, 0.1) is 0 Å². The minimum absolute atomic E-state index is 0.389. The number of hydrogen-bond acceptors (Lipinski definition) is 3. The Kier molecular flexibility index (Phi) is 4.87. The van der Waals surface area contributed by atoms with E-state index in [-0.39, 0.29) is 0 Å². The molecule has 0 unspecified atom stereocenters. The fraction of sp³-hybridized carbons (Fsp3) is 0.0625. The Bertz CT molecular complexity index is 672. The van der Waals surface area contributed by atoms with Crippen molar-refractivity contribution in [2.45, 2.75) is 6.92 Å². The maximum Gasteiger partial charge on any atom is 0.336 e. The molecule has 112 valence electrons. The van der Waals surface area contributed by atoms with Gasteiger partial charge in [-0.05, 0) is 24.3 Å². The molecule has 0 saturated heterocycles. The van der Waals surface area contributed by atoms with Crippen molar-refractivity contribution in [3.8, 4) is 0 Å². The number of benzene rings is 2. The molecular formula is C16H15N3O3. The predicted molar refractivity (Wildman–Crippen MR) is 83.6 cm³/mol. The van der Waals surface area contributed by atoms with Crippen molar-refractivity contribution in [2.24, 2.45) is 0 Å². The molecule has 0 radical (unpaired) electrons. The topological polar surface area (TPSA) is 78.5 Å². The highest BCUT2D eigenvalue weighted by atomic mass is 16.2. The van der Waals surface area contributed by atoms with E-state index in [0.29, 0.717) is 11.4 Å². The summed E-state index contributed by atoms with van der Waals surface area (Å²) in [5.74, 6) is -0.490. The molecule has 2 N–H and O–H groups in total. The third kappa shape index (κ3) is 3.92. The zero-order chi connectivity index (χ0) is 15.9.